The lowest BCUT2D eigenvalue weighted by atomic mass is 9.76. The summed E-state index contributed by atoms with van der Waals surface area (Å²) in [6.45, 7) is -0.269. The molecule has 34 heavy (non-hydrogen) atoms. The molecule has 0 aliphatic heterocycles. The van der Waals surface area contributed by atoms with E-state index >= 15 is 0 Å². The normalized spacial score (nSPS) is 22.8. The molecule has 2 bridgehead atoms. The molecule has 1 unspecified atom stereocenters. The quantitative estimate of drug-likeness (QED) is 0.526. The number of rotatable bonds is 6. The Kier molecular flexibility index (Phi) is 5.73. The Labute approximate surface area is 203 Å². The van der Waals surface area contributed by atoms with Gasteiger partial charge in [0.05, 0.1) is 10.4 Å². The van der Waals surface area contributed by atoms with Gasteiger partial charge in [-0.25, -0.2) is 4.39 Å². The summed E-state index contributed by atoms with van der Waals surface area (Å²) in [5.41, 5.74) is -0.514. The summed E-state index contributed by atoms with van der Waals surface area (Å²) in [4.78, 5) is 37.5. The van der Waals surface area contributed by atoms with Crippen molar-refractivity contribution in [2.24, 2.45) is 5.92 Å². The van der Waals surface area contributed by atoms with Crippen molar-refractivity contribution < 1.29 is 23.1 Å². The summed E-state index contributed by atoms with van der Waals surface area (Å²) < 4.78 is 24.5. The Morgan fingerprint density at radius 1 is 1.12 bits per heavy atom. The molecular formula is C24H19Cl2FN2O5. The Balaban J connectivity index is 1.18. The third kappa shape index (κ3) is 4.35. The van der Waals surface area contributed by atoms with E-state index in [-0.39, 0.29) is 52.0 Å². The molecule has 7 nitrogen and oxygen atoms in total. The third-order valence-electron chi connectivity index (χ3n) is 6.38. The first kappa shape index (κ1) is 22.7. The van der Waals surface area contributed by atoms with Crippen LogP contribution >= 0.6 is 23.2 Å². The highest BCUT2D eigenvalue weighted by Gasteiger charge is 2.57. The smallest absolute Gasteiger partial charge is 0.287 e. The molecular weight excluding hydrogens is 486 g/mol. The molecule has 0 spiro atoms. The predicted octanol–water partition coefficient (Wildman–Crippen LogP) is 4.09. The molecule has 176 valence electrons. The molecule has 0 saturated heterocycles. The fourth-order valence-corrected chi connectivity index (χ4v) is 5.11. The highest BCUT2D eigenvalue weighted by Crippen LogP contribution is 2.52. The second-order valence-electron chi connectivity index (χ2n) is 8.76. The minimum Gasteiger partial charge on any atom is -0.484 e. The summed E-state index contributed by atoms with van der Waals surface area (Å²) in [5, 5.41) is 6.61. The molecule has 2 amide bonds. The average Bonchev–Trinajstić information content (AvgIpc) is 3.27. The fraction of sp³-hybridized carbons (Fsp3) is 0.292. The third-order valence-corrected chi connectivity index (χ3v) is 6.92. The van der Waals surface area contributed by atoms with Crippen molar-refractivity contribution in [3.8, 4) is 5.75 Å². The van der Waals surface area contributed by atoms with Crippen LogP contribution in [0, 0.1) is 11.7 Å². The molecule has 3 aromatic rings. The van der Waals surface area contributed by atoms with E-state index in [9.17, 15) is 18.8 Å². The molecule has 1 aromatic heterocycles. The number of fused-ring (bicyclic) bond motifs is 2. The second kappa shape index (κ2) is 8.60. The highest BCUT2D eigenvalue weighted by molar-refractivity contribution is 6.31. The van der Waals surface area contributed by atoms with Gasteiger partial charge in [-0.05, 0) is 49.4 Å². The largest absolute Gasteiger partial charge is 0.484 e. The van der Waals surface area contributed by atoms with Crippen LogP contribution in [0.3, 0.4) is 0 Å². The SMILES string of the molecule is O=C(COc1ccc(Cl)c(F)c1)NC12CC(C1)C(NC(=O)c1cc(=O)c3ccc(Cl)cc3o1)C2. The van der Waals surface area contributed by atoms with Crippen LogP contribution in [0.4, 0.5) is 4.39 Å². The van der Waals surface area contributed by atoms with Gasteiger partial charge >= 0.3 is 0 Å². The standard InChI is InChI=1S/C24H19Cl2FN2O5/c25-13-1-3-15-19(30)7-21(34-20(15)5-13)23(32)28-18-10-24(8-12(18)9-24)29-22(31)11-33-14-2-4-16(26)17(27)6-14/h1-7,12,18H,8-11H2,(H,28,32)(H,29,31). The first-order valence-corrected chi connectivity index (χ1v) is 11.4. The van der Waals surface area contributed by atoms with Crippen molar-refractivity contribution in [1.29, 1.82) is 0 Å². The molecule has 3 saturated carbocycles. The lowest BCUT2D eigenvalue weighted by Gasteiger charge is -2.39. The molecule has 6 rings (SSSR count). The van der Waals surface area contributed by atoms with Crippen LogP contribution in [0.1, 0.15) is 29.8 Å². The van der Waals surface area contributed by atoms with Crippen LogP contribution < -0.4 is 20.8 Å². The lowest BCUT2D eigenvalue weighted by Crippen LogP contribution is -2.53. The zero-order chi connectivity index (χ0) is 24.0. The number of carbonyl (C=O) groups excluding carboxylic acids is 2. The van der Waals surface area contributed by atoms with E-state index in [4.69, 9.17) is 32.4 Å². The van der Waals surface area contributed by atoms with Crippen LogP contribution in [0.15, 0.2) is 51.7 Å². The average molecular weight is 505 g/mol. The Morgan fingerprint density at radius 3 is 2.68 bits per heavy atom. The van der Waals surface area contributed by atoms with Crippen LogP contribution in [-0.2, 0) is 4.79 Å². The minimum absolute atomic E-state index is 0.0259. The number of benzene rings is 2. The number of nitrogens with one attached hydrogen (secondary N) is 2. The van der Waals surface area contributed by atoms with Gasteiger partial charge in [-0.2, -0.15) is 0 Å². The van der Waals surface area contributed by atoms with E-state index < -0.39 is 17.3 Å². The zero-order valence-electron chi connectivity index (χ0n) is 17.7. The van der Waals surface area contributed by atoms with Gasteiger partial charge in [0.2, 0.25) is 0 Å². The van der Waals surface area contributed by atoms with Crippen LogP contribution in [0.5, 0.6) is 5.75 Å². The molecule has 3 aliphatic carbocycles. The number of ether oxygens (including phenoxy) is 1. The van der Waals surface area contributed by atoms with Crippen molar-refractivity contribution in [1.82, 2.24) is 10.6 Å². The van der Waals surface area contributed by atoms with Crippen molar-refractivity contribution in [2.45, 2.75) is 30.8 Å². The van der Waals surface area contributed by atoms with E-state index in [1.807, 2.05) is 0 Å². The molecule has 0 radical (unpaired) electrons. The maximum Gasteiger partial charge on any atom is 0.287 e. The van der Waals surface area contributed by atoms with Crippen LogP contribution in [0.25, 0.3) is 11.0 Å². The summed E-state index contributed by atoms with van der Waals surface area (Å²) in [5.74, 6) is -1.14. The Bertz CT molecular complexity index is 1370. The molecule has 10 heteroatoms. The van der Waals surface area contributed by atoms with E-state index in [1.165, 1.54) is 24.3 Å². The monoisotopic (exact) mass is 504 g/mol. The van der Waals surface area contributed by atoms with Crippen LogP contribution in [-0.4, -0.2) is 30.0 Å². The highest BCUT2D eigenvalue weighted by atomic mass is 35.5. The van der Waals surface area contributed by atoms with Gasteiger partial charge < -0.3 is 19.8 Å². The van der Waals surface area contributed by atoms with Crippen molar-refractivity contribution in [2.75, 3.05) is 6.61 Å². The summed E-state index contributed by atoms with van der Waals surface area (Å²) >= 11 is 11.6. The Hall–Kier alpha value is -3.10. The number of hydrogen-bond donors (Lipinski definition) is 2. The molecule has 3 aliphatic rings. The maximum absolute atomic E-state index is 13.5. The van der Waals surface area contributed by atoms with Gasteiger partial charge in [0.25, 0.3) is 11.8 Å². The van der Waals surface area contributed by atoms with E-state index in [0.717, 1.165) is 18.9 Å². The molecule has 1 heterocycles. The van der Waals surface area contributed by atoms with Crippen LogP contribution in [0.2, 0.25) is 10.0 Å². The van der Waals surface area contributed by atoms with Gasteiger partial charge in [0.15, 0.2) is 17.8 Å². The van der Waals surface area contributed by atoms with Crippen molar-refractivity contribution in [3.63, 3.8) is 0 Å². The number of halogens is 3. The first-order chi connectivity index (χ1) is 16.2. The topological polar surface area (TPSA) is 97.6 Å². The molecule has 2 aromatic carbocycles. The van der Waals surface area contributed by atoms with Gasteiger partial charge in [0, 0.05) is 34.8 Å². The predicted molar refractivity (Wildman–Crippen MR) is 124 cm³/mol. The van der Waals surface area contributed by atoms with E-state index in [1.54, 1.807) is 12.1 Å². The van der Waals surface area contributed by atoms with E-state index in [0.29, 0.717) is 16.8 Å². The minimum atomic E-state index is -0.625. The zero-order valence-corrected chi connectivity index (χ0v) is 19.2. The summed E-state index contributed by atoms with van der Waals surface area (Å²) in [6, 6.07) is 9.58. The number of carbonyl (C=O) groups is 2. The molecule has 1 atom stereocenters. The second-order valence-corrected chi connectivity index (χ2v) is 9.60. The summed E-state index contributed by atoms with van der Waals surface area (Å²) in [6.07, 6.45) is 1.99. The molecule has 2 N–H and O–H groups in total. The van der Waals surface area contributed by atoms with E-state index in [2.05, 4.69) is 10.6 Å². The van der Waals surface area contributed by atoms with Crippen molar-refractivity contribution in [3.05, 3.63) is 74.3 Å². The first-order valence-electron chi connectivity index (χ1n) is 10.6. The number of amides is 2. The van der Waals surface area contributed by atoms with Crippen molar-refractivity contribution >= 4 is 46.0 Å². The molecule has 3 fully saturated rings. The van der Waals surface area contributed by atoms with Gasteiger partial charge in [0.1, 0.15) is 17.1 Å². The Morgan fingerprint density at radius 2 is 1.91 bits per heavy atom. The van der Waals surface area contributed by atoms with Gasteiger partial charge in [-0.15, -0.1) is 0 Å². The number of hydrogen-bond acceptors (Lipinski definition) is 5. The maximum atomic E-state index is 13.5. The lowest BCUT2D eigenvalue weighted by molar-refractivity contribution is -0.125. The summed E-state index contributed by atoms with van der Waals surface area (Å²) in [7, 11) is 0. The van der Waals surface area contributed by atoms with Gasteiger partial charge in [-0.1, -0.05) is 23.2 Å². The fourth-order valence-electron chi connectivity index (χ4n) is 4.83. The van der Waals surface area contributed by atoms with Gasteiger partial charge in [-0.3, -0.25) is 14.4 Å².